The molecule has 1 aliphatic rings. The summed E-state index contributed by atoms with van der Waals surface area (Å²) >= 11 is 0. The van der Waals surface area contributed by atoms with E-state index in [9.17, 15) is 4.79 Å². The largest absolute Gasteiger partial charge is 0.497 e. The molecule has 0 aromatic heterocycles. The number of nitrogens with zero attached hydrogens (tertiary/aromatic N) is 2. The zero-order chi connectivity index (χ0) is 18.1. The summed E-state index contributed by atoms with van der Waals surface area (Å²) in [5.74, 6) is 1.62. The minimum Gasteiger partial charge on any atom is -0.497 e. The van der Waals surface area contributed by atoms with Crippen molar-refractivity contribution in [3.05, 3.63) is 29.8 Å². The van der Waals surface area contributed by atoms with Gasteiger partial charge >= 0.3 is 6.09 Å². The monoisotopic (exact) mass is 476 g/mol. The molecule has 0 saturated carbocycles. The number of amides is 1. The molecule has 1 saturated heterocycles. The van der Waals surface area contributed by atoms with E-state index in [1.807, 2.05) is 31.2 Å². The van der Waals surface area contributed by atoms with Gasteiger partial charge in [-0.3, -0.25) is 4.99 Å². The van der Waals surface area contributed by atoms with Gasteiger partial charge in [-0.05, 0) is 37.5 Å². The van der Waals surface area contributed by atoms with Crippen molar-refractivity contribution in [2.75, 3.05) is 33.9 Å². The predicted molar refractivity (Wildman–Crippen MR) is 113 cm³/mol. The Hall–Kier alpha value is -1.71. The van der Waals surface area contributed by atoms with Crippen LogP contribution in [0.4, 0.5) is 4.79 Å². The number of piperidine rings is 1. The van der Waals surface area contributed by atoms with Gasteiger partial charge in [0.05, 0.1) is 13.7 Å². The van der Waals surface area contributed by atoms with Crippen molar-refractivity contribution in [3.63, 3.8) is 0 Å². The molecule has 2 rings (SSSR count). The average Bonchev–Trinajstić information content (AvgIpc) is 2.66. The van der Waals surface area contributed by atoms with Crippen LogP contribution in [0.2, 0.25) is 0 Å². The smallest absolute Gasteiger partial charge is 0.409 e. The van der Waals surface area contributed by atoms with Crippen molar-refractivity contribution < 1.29 is 14.3 Å². The van der Waals surface area contributed by atoms with Gasteiger partial charge in [0.25, 0.3) is 0 Å². The fraction of sp³-hybridized carbons (Fsp3) is 0.556. The second-order valence-corrected chi connectivity index (χ2v) is 5.88. The summed E-state index contributed by atoms with van der Waals surface area (Å²) in [6, 6.07) is 8.23. The number of nitrogens with one attached hydrogen (secondary N) is 2. The first-order chi connectivity index (χ1) is 12.2. The molecule has 1 fully saturated rings. The summed E-state index contributed by atoms with van der Waals surface area (Å²) in [6.45, 7) is 4.33. The fourth-order valence-electron chi connectivity index (χ4n) is 2.74. The molecule has 0 spiro atoms. The molecule has 8 heteroatoms. The van der Waals surface area contributed by atoms with E-state index in [2.05, 4.69) is 15.6 Å². The van der Waals surface area contributed by atoms with Crippen LogP contribution in [0, 0.1) is 0 Å². The molecule has 2 N–H and O–H groups in total. The van der Waals surface area contributed by atoms with E-state index in [-0.39, 0.29) is 30.1 Å². The Morgan fingerprint density at radius 1 is 1.27 bits per heavy atom. The highest BCUT2D eigenvalue weighted by Crippen LogP contribution is 2.12. The Labute approximate surface area is 172 Å². The summed E-state index contributed by atoms with van der Waals surface area (Å²) in [4.78, 5) is 17.8. The maximum atomic E-state index is 11.7. The van der Waals surface area contributed by atoms with Gasteiger partial charge < -0.3 is 25.0 Å². The number of likely N-dealkylation sites (tertiary alicyclic amines) is 1. The van der Waals surface area contributed by atoms with Crippen molar-refractivity contribution in [2.45, 2.75) is 32.4 Å². The summed E-state index contributed by atoms with van der Waals surface area (Å²) in [5.41, 5.74) is 1.15. The number of benzene rings is 1. The molecule has 26 heavy (non-hydrogen) atoms. The van der Waals surface area contributed by atoms with Crippen LogP contribution in [0.15, 0.2) is 29.3 Å². The highest BCUT2D eigenvalue weighted by Gasteiger charge is 2.23. The number of halogens is 1. The second kappa shape index (κ2) is 11.8. The number of carbonyl (C=O) groups excluding carboxylic acids is 1. The van der Waals surface area contributed by atoms with Gasteiger partial charge in [-0.2, -0.15) is 0 Å². The number of aliphatic imine (C=N–C) groups is 1. The Morgan fingerprint density at radius 3 is 2.46 bits per heavy atom. The number of guanidine groups is 1. The van der Waals surface area contributed by atoms with Crippen LogP contribution in [0.1, 0.15) is 25.3 Å². The summed E-state index contributed by atoms with van der Waals surface area (Å²) in [5, 5.41) is 6.74. The Morgan fingerprint density at radius 2 is 1.92 bits per heavy atom. The van der Waals surface area contributed by atoms with E-state index in [1.54, 1.807) is 19.1 Å². The third kappa shape index (κ3) is 6.89. The Bertz CT molecular complexity index is 572. The van der Waals surface area contributed by atoms with Crippen LogP contribution in [0.25, 0.3) is 0 Å². The first-order valence-electron chi connectivity index (χ1n) is 8.68. The highest BCUT2D eigenvalue weighted by molar-refractivity contribution is 14.0. The Balaban J connectivity index is 0.00000338. The summed E-state index contributed by atoms with van der Waals surface area (Å²) < 4.78 is 10.2. The van der Waals surface area contributed by atoms with E-state index >= 15 is 0 Å². The lowest BCUT2D eigenvalue weighted by Crippen LogP contribution is -2.49. The lowest BCUT2D eigenvalue weighted by molar-refractivity contribution is 0.0963. The molecule has 0 atom stereocenters. The molecule has 146 valence electrons. The van der Waals surface area contributed by atoms with Crippen molar-refractivity contribution in [3.8, 4) is 5.75 Å². The van der Waals surface area contributed by atoms with Crippen LogP contribution < -0.4 is 15.4 Å². The molecule has 1 heterocycles. The van der Waals surface area contributed by atoms with Crippen LogP contribution in [-0.2, 0) is 11.3 Å². The molecule has 0 aliphatic carbocycles. The van der Waals surface area contributed by atoms with Crippen molar-refractivity contribution in [1.82, 2.24) is 15.5 Å². The quantitative estimate of drug-likeness (QED) is 0.388. The zero-order valence-electron chi connectivity index (χ0n) is 15.7. The second-order valence-electron chi connectivity index (χ2n) is 5.88. The normalized spacial score (nSPS) is 15.0. The topological polar surface area (TPSA) is 75.2 Å². The van der Waals surface area contributed by atoms with Gasteiger partial charge in [0, 0.05) is 32.7 Å². The third-order valence-corrected chi connectivity index (χ3v) is 4.20. The van der Waals surface area contributed by atoms with Gasteiger partial charge in [-0.25, -0.2) is 4.79 Å². The Kier molecular flexibility index (Phi) is 10.2. The molecular weight excluding hydrogens is 447 g/mol. The molecular formula is C18H29IN4O3. The highest BCUT2D eigenvalue weighted by atomic mass is 127. The SMILES string of the molecule is CCOC(=O)N1CCC(NC(=NC)NCc2ccc(OC)cc2)CC1.I. The molecule has 1 aliphatic heterocycles. The van der Waals surface area contributed by atoms with Gasteiger partial charge in [0.2, 0.25) is 0 Å². The lowest BCUT2D eigenvalue weighted by atomic mass is 10.1. The molecule has 7 nitrogen and oxygen atoms in total. The van der Waals surface area contributed by atoms with Gasteiger partial charge in [-0.15, -0.1) is 24.0 Å². The van der Waals surface area contributed by atoms with Gasteiger partial charge in [-0.1, -0.05) is 12.1 Å². The lowest BCUT2D eigenvalue weighted by Gasteiger charge is -2.32. The van der Waals surface area contributed by atoms with Crippen molar-refractivity contribution in [1.29, 1.82) is 0 Å². The first-order valence-corrected chi connectivity index (χ1v) is 8.68. The fourth-order valence-corrected chi connectivity index (χ4v) is 2.74. The predicted octanol–water partition coefficient (Wildman–Crippen LogP) is 2.60. The van der Waals surface area contributed by atoms with Crippen LogP contribution >= 0.6 is 24.0 Å². The summed E-state index contributed by atoms with van der Waals surface area (Å²) in [6.07, 6.45) is 1.53. The maximum absolute atomic E-state index is 11.7. The number of hydrogen-bond donors (Lipinski definition) is 2. The van der Waals surface area contributed by atoms with E-state index in [4.69, 9.17) is 9.47 Å². The minimum absolute atomic E-state index is 0. The van der Waals surface area contributed by atoms with Crippen LogP contribution in [0.3, 0.4) is 0 Å². The van der Waals surface area contributed by atoms with Crippen molar-refractivity contribution >= 4 is 36.0 Å². The first kappa shape index (κ1) is 22.3. The number of ether oxygens (including phenoxy) is 2. The van der Waals surface area contributed by atoms with Crippen LogP contribution in [-0.4, -0.2) is 56.8 Å². The maximum Gasteiger partial charge on any atom is 0.409 e. The molecule has 1 aromatic carbocycles. The van der Waals surface area contributed by atoms with E-state index in [0.717, 1.165) is 30.1 Å². The van der Waals surface area contributed by atoms with E-state index in [1.165, 1.54) is 0 Å². The minimum atomic E-state index is -0.219. The van der Waals surface area contributed by atoms with Gasteiger partial charge in [0.15, 0.2) is 5.96 Å². The van der Waals surface area contributed by atoms with Gasteiger partial charge in [0.1, 0.15) is 5.75 Å². The van der Waals surface area contributed by atoms with Crippen LogP contribution in [0.5, 0.6) is 5.75 Å². The zero-order valence-corrected chi connectivity index (χ0v) is 18.0. The molecule has 0 radical (unpaired) electrons. The number of hydrogen-bond acceptors (Lipinski definition) is 4. The molecule has 1 amide bonds. The molecule has 0 unspecified atom stereocenters. The summed E-state index contributed by atoms with van der Waals surface area (Å²) in [7, 11) is 3.42. The standard InChI is InChI=1S/C18H28N4O3.HI/c1-4-25-18(23)22-11-9-15(10-12-22)21-17(19-2)20-13-14-5-7-16(24-3)8-6-14;/h5-8,15H,4,9-13H2,1-3H3,(H2,19,20,21);1H. The number of carbonyl (C=O) groups is 1. The number of rotatable bonds is 5. The third-order valence-electron chi connectivity index (χ3n) is 4.20. The number of methoxy groups -OCH3 is 1. The molecule has 0 bridgehead atoms. The molecule has 1 aromatic rings. The van der Waals surface area contributed by atoms with E-state index in [0.29, 0.717) is 32.3 Å². The average molecular weight is 476 g/mol. The van der Waals surface area contributed by atoms with Crippen molar-refractivity contribution in [2.24, 2.45) is 4.99 Å². The van der Waals surface area contributed by atoms with E-state index < -0.39 is 0 Å².